The van der Waals surface area contributed by atoms with Crippen LogP contribution in [0.4, 0.5) is 5.82 Å². The summed E-state index contributed by atoms with van der Waals surface area (Å²) in [7, 11) is 0. The van der Waals surface area contributed by atoms with Gasteiger partial charge in [0.15, 0.2) is 11.6 Å². The van der Waals surface area contributed by atoms with Gasteiger partial charge in [0.2, 0.25) is 0 Å². The van der Waals surface area contributed by atoms with Crippen molar-refractivity contribution in [2.75, 3.05) is 5.32 Å². The lowest BCUT2D eigenvalue weighted by atomic mass is 10.3. The Morgan fingerprint density at radius 1 is 1.13 bits per heavy atom. The lowest BCUT2D eigenvalue weighted by Crippen LogP contribution is -2.16. The largest absolute Gasteiger partial charge is 0.304 e. The zero-order valence-electron chi connectivity index (χ0n) is 12.3. The van der Waals surface area contributed by atoms with Gasteiger partial charge in [0.05, 0.1) is 5.69 Å². The number of hydrogen-bond donors (Lipinski definition) is 1. The van der Waals surface area contributed by atoms with Gasteiger partial charge in [-0.25, -0.2) is 9.67 Å². The molecule has 0 atom stereocenters. The molecule has 1 N–H and O–H groups in total. The number of aromatic nitrogens is 5. The van der Waals surface area contributed by atoms with Crippen LogP contribution in [0.15, 0.2) is 48.8 Å². The molecule has 7 heteroatoms. The van der Waals surface area contributed by atoms with Crippen LogP contribution in [0.3, 0.4) is 0 Å². The second-order valence-corrected chi connectivity index (χ2v) is 5.40. The van der Waals surface area contributed by atoms with Crippen LogP contribution in [0.25, 0.3) is 5.82 Å². The Kier molecular flexibility index (Phi) is 3.30. The van der Waals surface area contributed by atoms with Crippen molar-refractivity contribution in [1.82, 2.24) is 25.0 Å². The summed E-state index contributed by atoms with van der Waals surface area (Å²) in [5.74, 6) is 1.22. The summed E-state index contributed by atoms with van der Waals surface area (Å²) in [5.41, 5.74) is 1.29. The van der Waals surface area contributed by atoms with Crippen LogP contribution in [0, 0.1) is 0 Å². The van der Waals surface area contributed by atoms with E-state index in [0.29, 0.717) is 23.2 Å². The first-order valence-corrected chi connectivity index (χ1v) is 7.42. The molecule has 4 rings (SSSR count). The van der Waals surface area contributed by atoms with E-state index in [4.69, 9.17) is 0 Å². The Morgan fingerprint density at radius 3 is 2.74 bits per heavy atom. The van der Waals surface area contributed by atoms with Gasteiger partial charge in [-0.1, -0.05) is 6.07 Å². The number of carbonyl (C=O) groups excluding carboxylic acids is 1. The molecule has 0 saturated heterocycles. The van der Waals surface area contributed by atoms with Crippen LogP contribution < -0.4 is 5.32 Å². The van der Waals surface area contributed by atoms with E-state index in [0.717, 1.165) is 5.69 Å². The molecule has 1 aliphatic carbocycles. The maximum atomic E-state index is 12.3. The molecule has 0 radical (unpaired) electrons. The first-order chi connectivity index (χ1) is 11.3. The lowest BCUT2D eigenvalue weighted by Gasteiger charge is -2.06. The fraction of sp³-hybridized carbons (Fsp3) is 0.188. The monoisotopic (exact) mass is 306 g/mol. The summed E-state index contributed by atoms with van der Waals surface area (Å²) in [6.07, 6.45) is 5.77. The zero-order valence-corrected chi connectivity index (χ0v) is 12.3. The number of nitrogens with zero attached hydrogens (tertiary/aromatic N) is 5. The first kappa shape index (κ1) is 13.6. The molecule has 0 bridgehead atoms. The fourth-order valence-electron chi connectivity index (χ4n) is 2.27. The van der Waals surface area contributed by atoms with Gasteiger partial charge in [-0.2, -0.15) is 10.2 Å². The molecule has 0 aromatic carbocycles. The molecule has 1 amide bonds. The minimum atomic E-state index is -0.326. The van der Waals surface area contributed by atoms with Gasteiger partial charge in [0, 0.05) is 18.3 Å². The first-order valence-electron chi connectivity index (χ1n) is 7.42. The van der Waals surface area contributed by atoms with Crippen LogP contribution in [0.2, 0.25) is 0 Å². The van der Waals surface area contributed by atoms with Gasteiger partial charge in [0.25, 0.3) is 5.91 Å². The summed E-state index contributed by atoms with van der Waals surface area (Å²) in [6.45, 7) is 0. The number of rotatable bonds is 4. The van der Waals surface area contributed by atoms with Crippen LogP contribution in [0.1, 0.15) is 34.9 Å². The standard InChI is InChI=1S/C16H14N6O/c23-16(19-14-8-7-12(20-21-14)11-5-6-11)13-3-1-4-15(18-13)22-10-2-9-17-22/h1-4,7-11H,5-6H2,(H,19,21,23). The van der Waals surface area contributed by atoms with Crippen LogP contribution in [-0.4, -0.2) is 30.9 Å². The third-order valence-corrected chi connectivity index (χ3v) is 3.63. The molecule has 0 unspecified atom stereocenters. The van der Waals surface area contributed by atoms with Crippen molar-refractivity contribution in [2.24, 2.45) is 0 Å². The van der Waals surface area contributed by atoms with E-state index in [-0.39, 0.29) is 5.91 Å². The summed E-state index contributed by atoms with van der Waals surface area (Å²) in [6, 6.07) is 10.7. The van der Waals surface area contributed by atoms with Gasteiger partial charge < -0.3 is 5.32 Å². The molecule has 0 aliphatic heterocycles. The topological polar surface area (TPSA) is 85.6 Å². The summed E-state index contributed by atoms with van der Waals surface area (Å²) >= 11 is 0. The molecular formula is C16H14N6O. The molecule has 3 aromatic heterocycles. The Hall–Kier alpha value is -3.09. The zero-order chi connectivity index (χ0) is 15.6. The molecule has 23 heavy (non-hydrogen) atoms. The van der Waals surface area contributed by atoms with Crippen molar-refractivity contribution in [3.05, 3.63) is 60.2 Å². The molecule has 0 spiro atoms. The highest BCUT2D eigenvalue weighted by Crippen LogP contribution is 2.38. The quantitative estimate of drug-likeness (QED) is 0.798. The molecule has 7 nitrogen and oxygen atoms in total. The highest BCUT2D eigenvalue weighted by atomic mass is 16.1. The minimum Gasteiger partial charge on any atom is -0.304 e. The normalized spacial score (nSPS) is 13.7. The Morgan fingerprint density at radius 2 is 2.04 bits per heavy atom. The molecule has 114 valence electrons. The van der Waals surface area contributed by atoms with Gasteiger partial charge in [-0.05, 0) is 43.2 Å². The smallest absolute Gasteiger partial charge is 0.275 e. The number of nitrogens with one attached hydrogen (secondary N) is 1. The van der Waals surface area contributed by atoms with E-state index in [2.05, 4.69) is 25.6 Å². The van der Waals surface area contributed by atoms with Gasteiger partial charge >= 0.3 is 0 Å². The Labute approximate surface area is 132 Å². The third-order valence-electron chi connectivity index (χ3n) is 3.63. The predicted octanol–water partition coefficient (Wildman–Crippen LogP) is 2.19. The van der Waals surface area contributed by atoms with Gasteiger partial charge in [-0.3, -0.25) is 4.79 Å². The number of amides is 1. The van der Waals surface area contributed by atoms with Crippen molar-refractivity contribution >= 4 is 11.7 Å². The highest BCUT2D eigenvalue weighted by Gasteiger charge is 2.25. The average Bonchev–Trinajstić information content (AvgIpc) is 3.29. The third kappa shape index (κ3) is 2.94. The second-order valence-electron chi connectivity index (χ2n) is 5.40. The van der Waals surface area contributed by atoms with Crippen molar-refractivity contribution in [2.45, 2.75) is 18.8 Å². The van der Waals surface area contributed by atoms with Crippen molar-refractivity contribution < 1.29 is 4.79 Å². The summed E-state index contributed by atoms with van der Waals surface area (Å²) < 4.78 is 1.60. The molecule has 1 fully saturated rings. The van der Waals surface area contributed by atoms with Crippen molar-refractivity contribution in [3.63, 3.8) is 0 Å². The van der Waals surface area contributed by atoms with Gasteiger partial charge in [-0.15, -0.1) is 5.10 Å². The molecule has 3 aromatic rings. The van der Waals surface area contributed by atoms with E-state index < -0.39 is 0 Å². The van der Waals surface area contributed by atoms with Crippen molar-refractivity contribution in [1.29, 1.82) is 0 Å². The molecule has 1 saturated carbocycles. The predicted molar refractivity (Wildman–Crippen MR) is 83.3 cm³/mol. The Balaban J connectivity index is 1.51. The van der Waals surface area contributed by atoms with Crippen LogP contribution in [0.5, 0.6) is 0 Å². The maximum absolute atomic E-state index is 12.3. The molecule has 3 heterocycles. The van der Waals surface area contributed by atoms with Crippen LogP contribution in [-0.2, 0) is 0 Å². The maximum Gasteiger partial charge on any atom is 0.275 e. The van der Waals surface area contributed by atoms with E-state index in [1.54, 1.807) is 47.4 Å². The minimum absolute atomic E-state index is 0.297. The molecule has 1 aliphatic rings. The average molecular weight is 306 g/mol. The summed E-state index contributed by atoms with van der Waals surface area (Å²) in [5, 5.41) is 15.0. The lowest BCUT2D eigenvalue weighted by molar-refractivity contribution is 0.102. The Bertz CT molecular complexity index is 824. The number of carbonyl (C=O) groups is 1. The van der Waals surface area contributed by atoms with E-state index in [9.17, 15) is 4.79 Å². The highest BCUT2D eigenvalue weighted by molar-refractivity contribution is 6.02. The molecular weight excluding hydrogens is 292 g/mol. The van der Waals surface area contributed by atoms with E-state index >= 15 is 0 Å². The number of anilines is 1. The fourth-order valence-corrected chi connectivity index (χ4v) is 2.27. The number of pyridine rings is 1. The number of hydrogen-bond acceptors (Lipinski definition) is 5. The summed E-state index contributed by atoms with van der Waals surface area (Å²) in [4.78, 5) is 16.6. The van der Waals surface area contributed by atoms with E-state index in [1.165, 1.54) is 12.8 Å². The SMILES string of the molecule is O=C(Nc1ccc(C2CC2)nn1)c1cccc(-n2cccn2)n1. The van der Waals surface area contributed by atoms with Crippen molar-refractivity contribution in [3.8, 4) is 5.82 Å². The van der Waals surface area contributed by atoms with Gasteiger partial charge in [0.1, 0.15) is 5.69 Å². The second kappa shape index (κ2) is 5.60. The van der Waals surface area contributed by atoms with E-state index in [1.807, 2.05) is 6.07 Å². The van der Waals surface area contributed by atoms with Crippen LogP contribution >= 0.6 is 0 Å².